The summed E-state index contributed by atoms with van der Waals surface area (Å²) in [5.41, 5.74) is 1.25. The molecule has 0 amide bonds. The van der Waals surface area contributed by atoms with Crippen LogP contribution < -0.4 is 9.47 Å². The van der Waals surface area contributed by atoms with Crippen LogP contribution in [0.25, 0.3) is 6.08 Å². The number of hydrogen-bond donors (Lipinski definition) is 0. The number of aliphatic imine (C=N–C) groups is 1. The number of cyclic esters (lactones) is 1. The fourth-order valence-electron chi connectivity index (χ4n) is 3.15. The zero-order valence-corrected chi connectivity index (χ0v) is 18.2. The fraction of sp³-hybridized carbons (Fsp3) is 0.120. The Bertz CT molecular complexity index is 1270. The smallest absolute Gasteiger partial charge is 0.363 e. The number of carbonyl (C=O) groups is 1. The van der Waals surface area contributed by atoms with Crippen molar-refractivity contribution in [2.24, 2.45) is 4.99 Å². The van der Waals surface area contributed by atoms with Crippen molar-refractivity contribution in [1.82, 2.24) is 0 Å². The predicted octanol–water partition coefficient (Wildman–Crippen LogP) is 5.94. The van der Waals surface area contributed by atoms with Gasteiger partial charge in [-0.15, -0.1) is 0 Å². The minimum absolute atomic E-state index is 0.00622. The number of hydrogen-bond acceptors (Lipinski definition) is 5. The van der Waals surface area contributed by atoms with Crippen LogP contribution in [-0.4, -0.2) is 18.5 Å². The molecule has 33 heavy (non-hydrogen) atoms. The van der Waals surface area contributed by atoms with Crippen LogP contribution in [0.4, 0.5) is 8.78 Å². The Morgan fingerprint density at radius 1 is 1.06 bits per heavy atom. The highest BCUT2D eigenvalue weighted by molar-refractivity contribution is 6.32. The topological polar surface area (TPSA) is 57.1 Å². The van der Waals surface area contributed by atoms with Crippen LogP contribution in [-0.2, 0) is 16.1 Å². The third-order valence-corrected chi connectivity index (χ3v) is 4.94. The van der Waals surface area contributed by atoms with Gasteiger partial charge in [-0.05, 0) is 55.0 Å². The highest BCUT2D eigenvalue weighted by atomic mass is 35.5. The standard InChI is InChI=1S/C25H18ClF2NO4/c1-2-31-22-12-15(10-19(26)23(22)32-14-17-6-3-4-9-20(17)28)11-21-25(30)33-24(29-21)16-7-5-8-18(27)13-16/h3-13H,2,14H2,1H3/b21-11-. The molecule has 5 nitrogen and oxygen atoms in total. The lowest BCUT2D eigenvalue weighted by Gasteiger charge is -2.15. The Balaban J connectivity index is 1.62. The van der Waals surface area contributed by atoms with Gasteiger partial charge in [0.2, 0.25) is 5.90 Å². The third kappa shape index (κ3) is 5.21. The Labute approximate surface area is 193 Å². The second kappa shape index (κ2) is 9.83. The van der Waals surface area contributed by atoms with E-state index in [1.54, 1.807) is 43.3 Å². The number of nitrogens with zero attached hydrogens (tertiary/aromatic N) is 1. The normalized spacial score (nSPS) is 14.2. The van der Waals surface area contributed by atoms with Crippen molar-refractivity contribution in [1.29, 1.82) is 0 Å². The zero-order valence-electron chi connectivity index (χ0n) is 17.5. The Hall–Kier alpha value is -3.71. The summed E-state index contributed by atoms with van der Waals surface area (Å²) >= 11 is 6.42. The molecule has 0 aromatic heterocycles. The SMILES string of the molecule is CCOc1cc(/C=C2\N=C(c3cccc(F)c3)OC2=O)cc(Cl)c1OCc1ccccc1F. The van der Waals surface area contributed by atoms with Crippen LogP contribution in [0.1, 0.15) is 23.6 Å². The Morgan fingerprint density at radius 2 is 1.88 bits per heavy atom. The summed E-state index contributed by atoms with van der Waals surface area (Å²) in [6.07, 6.45) is 1.48. The van der Waals surface area contributed by atoms with E-state index >= 15 is 0 Å². The van der Waals surface area contributed by atoms with Crippen LogP contribution in [0.15, 0.2) is 71.4 Å². The largest absolute Gasteiger partial charge is 0.490 e. The number of rotatable bonds is 7. The van der Waals surface area contributed by atoms with Gasteiger partial charge in [0.1, 0.15) is 18.2 Å². The quantitative estimate of drug-likeness (QED) is 0.317. The minimum Gasteiger partial charge on any atom is -0.490 e. The number of esters is 1. The van der Waals surface area contributed by atoms with Crippen molar-refractivity contribution in [3.05, 3.63) is 99.7 Å². The maximum absolute atomic E-state index is 13.9. The summed E-state index contributed by atoms with van der Waals surface area (Å²) in [6.45, 7) is 2.08. The first-order valence-corrected chi connectivity index (χ1v) is 10.4. The molecule has 4 rings (SSSR count). The maximum atomic E-state index is 13.9. The highest BCUT2D eigenvalue weighted by Gasteiger charge is 2.25. The van der Waals surface area contributed by atoms with Gasteiger partial charge in [-0.3, -0.25) is 0 Å². The number of halogens is 3. The van der Waals surface area contributed by atoms with E-state index in [0.717, 1.165) is 0 Å². The van der Waals surface area contributed by atoms with Gasteiger partial charge >= 0.3 is 5.97 Å². The molecule has 0 saturated heterocycles. The molecule has 3 aromatic rings. The number of ether oxygens (including phenoxy) is 3. The number of benzene rings is 3. The van der Waals surface area contributed by atoms with Crippen LogP contribution >= 0.6 is 11.6 Å². The molecule has 1 aliphatic heterocycles. The molecule has 0 aliphatic carbocycles. The lowest BCUT2D eigenvalue weighted by molar-refractivity contribution is -0.129. The first-order chi connectivity index (χ1) is 15.9. The molecule has 0 fully saturated rings. The van der Waals surface area contributed by atoms with E-state index < -0.39 is 11.8 Å². The highest BCUT2D eigenvalue weighted by Crippen LogP contribution is 2.38. The molecule has 1 heterocycles. The van der Waals surface area contributed by atoms with Gasteiger partial charge in [-0.1, -0.05) is 35.9 Å². The molecule has 0 spiro atoms. The van der Waals surface area contributed by atoms with Crippen LogP contribution in [0, 0.1) is 11.6 Å². The first-order valence-electron chi connectivity index (χ1n) is 10.1. The van der Waals surface area contributed by atoms with E-state index in [4.69, 9.17) is 25.8 Å². The molecule has 1 aliphatic rings. The maximum Gasteiger partial charge on any atom is 0.363 e. The fourth-order valence-corrected chi connectivity index (χ4v) is 3.43. The average molecular weight is 470 g/mol. The summed E-state index contributed by atoms with van der Waals surface area (Å²) < 4.78 is 44.0. The van der Waals surface area contributed by atoms with Crippen LogP contribution in [0.5, 0.6) is 11.5 Å². The van der Waals surface area contributed by atoms with Gasteiger partial charge in [0.15, 0.2) is 17.2 Å². The van der Waals surface area contributed by atoms with E-state index in [0.29, 0.717) is 29.0 Å². The summed E-state index contributed by atoms with van der Waals surface area (Å²) in [4.78, 5) is 16.4. The van der Waals surface area contributed by atoms with Crippen molar-refractivity contribution >= 4 is 29.5 Å². The minimum atomic E-state index is -0.678. The molecule has 0 N–H and O–H groups in total. The monoisotopic (exact) mass is 469 g/mol. The average Bonchev–Trinajstić information content (AvgIpc) is 3.15. The van der Waals surface area contributed by atoms with Gasteiger partial charge in [-0.2, -0.15) is 0 Å². The van der Waals surface area contributed by atoms with Gasteiger partial charge in [0, 0.05) is 11.1 Å². The van der Waals surface area contributed by atoms with Gasteiger partial charge in [0.25, 0.3) is 0 Å². The molecule has 8 heteroatoms. The lowest BCUT2D eigenvalue weighted by atomic mass is 10.1. The van der Waals surface area contributed by atoms with E-state index in [-0.39, 0.29) is 34.8 Å². The molecular weight excluding hydrogens is 452 g/mol. The van der Waals surface area contributed by atoms with Crippen LogP contribution in [0.2, 0.25) is 5.02 Å². The van der Waals surface area contributed by atoms with Gasteiger partial charge in [0.05, 0.1) is 11.6 Å². The van der Waals surface area contributed by atoms with Crippen molar-refractivity contribution in [2.75, 3.05) is 6.61 Å². The first kappa shape index (κ1) is 22.5. The molecule has 168 valence electrons. The molecule has 0 radical (unpaired) electrons. The molecule has 0 bridgehead atoms. The Morgan fingerprint density at radius 3 is 2.64 bits per heavy atom. The van der Waals surface area contributed by atoms with Crippen molar-refractivity contribution in [3.63, 3.8) is 0 Å². The summed E-state index contributed by atoms with van der Waals surface area (Å²) in [5, 5.41) is 0.213. The summed E-state index contributed by atoms with van der Waals surface area (Å²) in [5.74, 6) is -0.951. The molecule has 0 saturated carbocycles. The van der Waals surface area contributed by atoms with E-state index in [1.165, 1.54) is 30.3 Å². The van der Waals surface area contributed by atoms with Crippen LogP contribution in [0.3, 0.4) is 0 Å². The summed E-state index contributed by atoms with van der Waals surface area (Å²) in [7, 11) is 0. The molecule has 0 atom stereocenters. The van der Waals surface area contributed by atoms with E-state index in [2.05, 4.69) is 4.99 Å². The second-order valence-electron chi connectivity index (χ2n) is 6.99. The van der Waals surface area contributed by atoms with Gasteiger partial charge in [-0.25, -0.2) is 18.6 Å². The van der Waals surface area contributed by atoms with Crippen molar-refractivity contribution in [2.45, 2.75) is 13.5 Å². The molecule has 3 aromatic carbocycles. The summed E-state index contributed by atoms with van der Waals surface area (Å²) in [6, 6.07) is 15.0. The molecular formula is C25H18ClF2NO4. The predicted molar refractivity (Wildman–Crippen MR) is 120 cm³/mol. The van der Waals surface area contributed by atoms with E-state index in [9.17, 15) is 13.6 Å². The number of carbonyl (C=O) groups excluding carboxylic acids is 1. The Kier molecular flexibility index (Phi) is 6.70. The van der Waals surface area contributed by atoms with E-state index in [1.807, 2.05) is 0 Å². The zero-order chi connectivity index (χ0) is 23.4. The lowest BCUT2D eigenvalue weighted by Crippen LogP contribution is -2.05. The van der Waals surface area contributed by atoms with Gasteiger partial charge < -0.3 is 14.2 Å². The third-order valence-electron chi connectivity index (χ3n) is 4.66. The second-order valence-corrected chi connectivity index (χ2v) is 7.40. The molecule has 0 unspecified atom stereocenters. The van der Waals surface area contributed by atoms with Crippen molar-refractivity contribution < 1.29 is 27.8 Å². The van der Waals surface area contributed by atoms with Crippen molar-refractivity contribution in [3.8, 4) is 11.5 Å².